The molecule has 0 spiro atoms. The average Bonchev–Trinajstić information content (AvgIpc) is 2.83. The molecule has 2 atom stereocenters. The van der Waals surface area contributed by atoms with Crippen LogP contribution in [-0.4, -0.2) is 23.5 Å². The Morgan fingerprint density at radius 3 is 2.83 bits per heavy atom. The van der Waals surface area contributed by atoms with Crippen LogP contribution in [0.25, 0.3) is 0 Å². The number of halogens is 1. The van der Waals surface area contributed by atoms with Gasteiger partial charge in [-0.25, -0.2) is 9.18 Å². The molecule has 2 aromatic carbocycles. The van der Waals surface area contributed by atoms with Crippen LogP contribution in [0, 0.1) is 5.82 Å². The normalized spacial score (nSPS) is 19.3. The smallest absolute Gasteiger partial charge is 0.319 e. The third kappa shape index (κ3) is 3.33. The number of amides is 2. The predicted molar refractivity (Wildman–Crippen MR) is 89.2 cm³/mol. The molecule has 0 saturated heterocycles. The number of hydrogen-bond acceptors (Lipinski definition) is 3. The van der Waals surface area contributed by atoms with Crippen molar-refractivity contribution in [2.75, 3.05) is 11.6 Å². The van der Waals surface area contributed by atoms with Crippen molar-refractivity contribution >= 4 is 23.5 Å². The summed E-state index contributed by atoms with van der Waals surface area (Å²) in [4.78, 5) is 12.7. The molecule has 4 nitrogen and oxygen atoms in total. The maximum absolute atomic E-state index is 13.7. The topological polar surface area (TPSA) is 61.4 Å². The van der Waals surface area contributed by atoms with E-state index in [-0.39, 0.29) is 5.82 Å². The van der Waals surface area contributed by atoms with Crippen LogP contribution < -0.4 is 10.6 Å². The Kier molecular flexibility index (Phi) is 4.54. The fourth-order valence-corrected chi connectivity index (χ4v) is 3.26. The number of aliphatic hydroxyl groups excluding tert-OH is 1. The molecule has 3 rings (SSSR count). The molecular weight excluding hydrogens is 315 g/mol. The highest BCUT2D eigenvalue weighted by molar-refractivity contribution is 7.98. The van der Waals surface area contributed by atoms with Gasteiger partial charge in [0.1, 0.15) is 5.82 Å². The largest absolute Gasteiger partial charge is 0.390 e. The summed E-state index contributed by atoms with van der Waals surface area (Å²) in [6.45, 7) is 0. The van der Waals surface area contributed by atoms with Crippen LogP contribution >= 0.6 is 11.8 Å². The van der Waals surface area contributed by atoms with E-state index in [1.807, 2.05) is 24.3 Å². The lowest BCUT2D eigenvalue weighted by atomic mass is 10.1. The highest BCUT2D eigenvalue weighted by Crippen LogP contribution is 2.31. The van der Waals surface area contributed by atoms with Crippen molar-refractivity contribution < 1.29 is 14.3 Å². The van der Waals surface area contributed by atoms with Crippen LogP contribution in [0.15, 0.2) is 47.4 Å². The zero-order valence-corrected chi connectivity index (χ0v) is 13.4. The first kappa shape index (κ1) is 15.8. The van der Waals surface area contributed by atoms with Crippen molar-refractivity contribution in [1.82, 2.24) is 5.32 Å². The van der Waals surface area contributed by atoms with E-state index in [0.29, 0.717) is 17.0 Å². The molecule has 0 unspecified atom stereocenters. The molecule has 1 aliphatic rings. The SMILES string of the molecule is CSc1ccc(NC(=O)N[C@@H]2c3ccccc3C[C@@H]2O)cc1F. The molecule has 0 radical (unpaired) electrons. The molecule has 0 heterocycles. The quantitative estimate of drug-likeness (QED) is 0.756. The van der Waals surface area contributed by atoms with Gasteiger partial charge < -0.3 is 15.7 Å². The number of rotatable bonds is 3. The monoisotopic (exact) mass is 332 g/mol. The molecule has 0 aromatic heterocycles. The van der Waals surface area contributed by atoms with E-state index < -0.39 is 18.2 Å². The molecule has 0 aliphatic heterocycles. The number of anilines is 1. The van der Waals surface area contributed by atoms with E-state index in [1.165, 1.54) is 17.8 Å². The minimum Gasteiger partial charge on any atom is -0.390 e. The molecular formula is C17H17FN2O2S. The van der Waals surface area contributed by atoms with Crippen molar-refractivity contribution in [1.29, 1.82) is 0 Å². The molecule has 3 N–H and O–H groups in total. The van der Waals surface area contributed by atoms with E-state index in [1.54, 1.807) is 18.4 Å². The van der Waals surface area contributed by atoms with Gasteiger partial charge in [0.25, 0.3) is 0 Å². The highest BCUT2D eigenvalue weighted by atomic mass is 32.2. The van der Waals surface area contributed by atoms with Gasteiger partial charge in [-0.3, -0.25) is 0 Å². The Bertz CT molecular complexity index is 738. The molecule has 0 bridgehead atoms. The van der Waals surface area contributed by atoms with Gasteiger partial charge in [-0.05, 0) is 35.6 Å². The van der Waals surface area contributed by atoms with Gasteiger partial charge in [0.2, 0.25) is 0 Å². The summed E-state index contributed by atoms with van der Waals surface area (Å²) < 4.78 is 13.7. The average molecular weight is 332 g/mol. The summed E-state index contributed by atoms with van der Waals surface area (Å²) in [7, 11) is 0. The third-order valence-electron chi connectivity index (χ3n) is 3.90. The molecule has 6 heteroatoms. The molecule has 23 heavy (non-hydrogen) atoms. The number of carbonyl (C=O) groups excluding carboxylic acids is 1. The second-order valence-corrected chi connectivity index (χ2v) is 6.24. The molecule has 0 saturated carbocycles. The fraction of sp³-hybridized carbons (Fsp3) is 0.235. The zero-order chi connectivity index (χ0) is 16.4. The number of benzene rings is 2. The zero-order valence-electron chi connectivity index (χ0n) is 12.5. The lowest BCUT2D eigenvalue weighted by Crippen LogP contribution is -2.36. The minimum absolute atomic E-state index is 0.374. The van der Waals surface area contributed by atoms with Crippen LogP contribution in [0.3, 0.4) is 0 Å². The Balaban J connectivity index is 1.69. The van der Waals surface area contributed by atoms with Crippen molar-refractivity contribution in [2.45, 2.75) is 23.5 Å². The highest BCUT2D eigenvalue weighted by Gasteiger charge is 2.31. The summed E-state index contributed by atoms with van der Waals surface area (Å²) in [6.07, 6.45) is 1.64. The Hall–Kier alpha value is -2.05. The van der Waals surface area contributed by atoms with Gasteiger partial charge in [0.15, 0.2) is 0 Å². The predicted octanol–water partition coefficient (Wildman–Crippen LogP) is 3.33. The Labute approximate surface area is 138 Å². The summed E-state index contributed by atoms with van der Waals surface area (Å²) in [5.41, 5.74) is 2.32. The van der Waals surface area contributed by atoms with Gasteiger partial charge in [-0.2, -0.15) is 0 Å². The van der Waals surface area contributed by atoms with Crippen molar-refractivity contribution in [2.24, 2.45) is 0 Å². The standard InChI is InChI=1S/C17H17FN2O2S/c1-23-15-7-6-11(9-13(15)18)19-17(22)20-16-12-5-3-2-4-10(12)8-14(16)21/h2-7,9,14,16,21H,8H2,1H3,(H2,19,20,22)/t14-,16+/m0/s1. The number of thioether (sulfide) groups is 1. The fourth-order valence-electron chi connectivity index (χ4n) is 2.80. The lowest BCUT2D eigenvalue weighted by Gasteiger charge is -2.18. The first-order chi connectivity index (χ1) is 11.1. The molecule has 0 fully saturated rings. The maximum Gasteiger partial charge on any atom is 0.319 e. The second-order valence-electron chi connectivity index (χ2n) is 5.40. The summed E-state index contributed by atoms with van der Waals surface area (Å²) in [5.74, 6) is -0.374. The lowest BCUT2D eigenvalue weighted by molar-refractivity contribution is 0.144. The number of urea groups is 1. The molecule has 120 valence electrons. The van der Waals surface area contributed by atoms with E-state index >= 15 is 0 Å². The van der Waals surface area contributed by atoms with Crippen molar-refractivity contribution in [3.8, 4) is 0 Å². The van der Waals surface area contributed by atoms with Crippen LogP contribution in [0.1, 0.15) is 17.2 Å². The van der Waals surface area contributed by atoms with Crippen LogP contribution in [0.4, 0.5) is 14.9 Å². The number of carbonyl (C=O) groups is 1. The van der Waals surface area contributed by atoms with Crippen molar-refractivity contribution in [3.05, 3.63) is 59.4 Å². The van der Waals surface area contributed by atoms with Gasteiger partial charge >= 0.3 is 6.03 Å². The summed E-state index contributed by atoms with van der Waals surface area (Å²) in [5, 5.41) is 15.5. The van der Waals surface area contributed by atoms with Crippen molar-refractivity contribution in [3.63, 3.8) is 0 Å². The van der Waals surface area contributed by atoms with Gasteiger partial charge in [0.05, 0.1) is 12.1 Å². The number of hydrogen-bond donors (Lipinski definition) is 3. The Morgan fingerprint density at radius 2 is 2.09 bits per heavy atom. The van der Waals surface area contributed by atoms with Crippen LogP contribution in [0.2, 0.25) is 0 Å². The van der Waals surface area contributed by atoms with E-state index in [4.69, 9.17) is 0 Å². The van der Waals surface area contributed by atoms with Gasteiger partial charge in [-0.1, -0.05) is 24.3 Å². The summed E-state index contributed by atoms with van der Waals surface area (Å²) in [6, 6.07) is 11.2. The third-order valence-corrected chi connectivity index (χ3v) is 4.67. The minimum atomic E-state index is -0.659. The van der Waals surface area contributed by atoms with Gasteiger partial charge in [0, 0.05) is 17.0 Å². The number of fused-ring (bicyclic) bond motifs is 1. The molecule has 2 aromatic rings. The number of aliphatic hydroxyl groups is 1. The summed E-state index contributed by atoms with van der Waals surface area (Å²) >= 11 is 1.31. The number of nitrogens with one attached hydrogen (secondary N) is 2. The van der Waals surface area contributed by atoms with E-state index in [2.05, 4.69) is 10.6 Å². The van der Waals surface area contributed by atoms with Crippen LogP contribution in [0.5, 0.6) is 0 Å². The first-order valence-corrected chi connectivity index (χ1v) is 8.48. The molecule has 1 aliphatic carbocycles. The maximum atomic E-state index is 13.7. The van der Waals surface area contributed by atoms with E-state index in [9.17, 15) is 14.3 Å². The van der Waals surface area contributed by atoms with E-state index in [0.717, 1.165) is 11.1 Å². The second kappa shape index (κ2) is 6.60. The first-order valence-electron chi connectivity index (χ1n) is 7.25. The van der Waals surface area contributed by atoms with Gasteiger partial charge in [-0.15, -0.1) is 11.8 Å². The Morgan fingerprint density at radius 1 is 1.30 bits per heavy atom. The van der Waals surface area contributed by atoms with Crippen LogP contribution in [-0.2, 0) is 6.42 Å². The molecule has 2 amide bonds.